The topological polar surface area (TPSA) is 9.23 Å². The smallest absolute Gasteiger partial charge is 0.231 e. The van der Waals surface area contributed by atoms with Crippen molar-refractivity contribution in [3.8, 4) is 0 Å². The molecule has 0 saturated carbocycles. The van der Waals surface area contributed by atoms with E-state index in [1.165, 1.54) is 5.54 Å². The summed E-state index contributed by atoms with van der Waals surface area (Å²) in [6, 6.07) is 1.08. The molecule has 0 fully saturated rings. The van der Waals surface area contributed by atoms with Crippen LogP contribution in [0.4, 0.5) is 0 Å². The number of halogens is 3. The van der Waals surface area contributed by atoms with Gasteiger partial charge in [-0.05, 0) is 18.5 Å². The first kappa shape index (κ1) is 12.8. The van der Waals surface area contributed by atoms with E-state index in [-0.39, 0.29) is 0 Å². The first-order valence-electron chi connectivity index (χ1n) is 3.83. The van der Waals surface area contributed by atoms with Crippen LogP contribution in [0, 0.1) is 0 Å². The maximum atomic E-state index is 5.85. The van der Waals surface area contributed by atoms with Gasteiger partial charge < -0.3 is 4.43 Å². The molecule has 0 spiro atoms. The van der Waals surface area contributed by atoms with Gasteiger partial charge in [-0.25, -0.2) is 0 Å². The van der Waals surface area contributed by atoms with E-state index >= 15 is 0 Å². The molecule has 0 bridgehead atoms. The Morgan fingerprint density at radius 1 is 1.58 bits per heavy atom. The van der Waals surface area contributed by atoms with E-state index in [4.69, 9.17) is 39.2 Å². The summed E-state index contributed by atoms with van der Waals surface area (Å²) in [6.07, 6.45) is 1.11. The van der Waals surface area contributed by atoms with Crippen LogP contribution in [-0.4, -0.2) is 14.3 Å². The summed E-state index contributed by atoms with van der Waals surface area (Å²) in [5.74, 6) is 0. The lowest BCUT2D eigenvalue weighted by Gasteiger charge is -2.20. The molecular weight excluding hydrogens is 235 g/mol. The highest BCUT2D eigenvalue weighted by molar-refractivity contribution is 6.51. The highest BCUT2D eigenvalue weighted by Gasteiger charge is 2.25. The van der Waals surface area contributed by atoms with Gasteiger partial charge in [0, 0.05) is 5.54 Å². The van der Waals surface area contributed by atoms with E-state index in [0.29, 0.717) is 5.57 Å². The molecule has 0 atom stereocenters. The molecule has 0 amide bonds. The van der Waals surface area contributed by atoms with E-state index < -0.39 is 14.3 Å². The molecule has 0 aromatic carbocycles. The van der Waals surface area contributed by atoms with Gasteiger partial charge >= 0.3 is 0 Å². The number of alkyl halides is 2. The van der Waals surface area contributed by atoms with Crippen molar-refractivity contribution in [1.29, 1.82) is 0 Å². The van der Waals surface area contributed by atoms with Crippen LogP contribution < -0.4 is 0 Å². The van der Waals surface area contributed by atoms with E-state index in [1.807, 2.05) is 0 Å². The van der Waals surface area contributed by atoms with Crippen LogP contribution in [0.15, 0.2) is 11.1 Å². The number of rotatable bonds is 5. The average Bonchev–Trinajstić information content (AvgIpc) is 2.03. The maximum absolute atomic E-state index is 5.85. The van der Waals surface area contributed by atoms with Gasteiger partial charge in [0.2, 0.25) is 4.52 Å². The van der Waals surface area contributed by atoms with Gasteiger partial charge in [0.25, 0.3) is 0 Å². The van der Waals surface area contributed by atoms with Crippen molar-refractivity contribution < 1.29 is 4.43 Å². The highest BCUT2D eigenvalue weighted by Crippen LogP contribution is 2.31. The summed E-state index contributed by atoms with van der Waals surface area (Å²) in [6.45, 7) is 3.85. The average molecular weight is 248 g/mol. The maximum Gasteiger partial charge on any atom is 0.231 e. The summed E-state index contributed by atoms with van der Waals surface area (Å²) in [7, 11) is -0.608. The minimum absolute atomic E-state index is 0.608. The summed E-state index contributed by atoms with van der Waals surface area (Å²) in [4.78, 5) is 0. The summed E-state index contributed by atoms with van der Waals surface area (Å²) >= 11 is 17.1. The Hall–Kier alpha value is 0.787. The van der Waals surface area contributed by atoms with Crippen molar-refractivity contribution in [1.82, 2.24) is 0 Å². The third-order valence-electron chi connectivity index (χ3n) is 1.40. The second-order valence-electron chi connectivity index (χ2n) is 2.51. The number of hydrogen-bond donors (Lipinski definition) is 0. The van der Waals surface area contributed by atoms with Gasteiger partial charge in [-0.3, -0.25) is 0 Å². The molecular formula is C7H13Cl3OSi. The van der Waals surface area contributed by atoms with Gasteiger partial charge in [0.05, 0.1) is 0 Å². The third-order valence-corrected chi connectivity index (χ3v) is 4.54. The Morgan fingerprint density at radius 2 is 2.17 bits per heavy atom. The zero-order chi connectivity index (χ0) is 9.61. The van der Waals surface area contributed by atoms with Crippen LogP contribution in [0.2, 0.25) is 6.04 Å². The van der Waals surface area contributed by atoms with Crippen molar-refractivity contribution in [2.24, 2.45) is 0 Å². The monoisotopic (exact) mass is 246 g/mol. The fraction of sp³-hybridized carbons (Fsp3) is 0.714. The van der Waals surface area contributed by atoms with Crippen LogP contribution in [0.1, 0.15) is 20.3 Å². The fourth-order valence-corrected chi connectivity index (χ4v) is 2.28. The Balaban J connectivity index is 3.87. The number of hydrogen-bond acceptors (Lipinski definition) is 1. The van der Waals surface area contributed by atoms with Gasteiger partial charge in [0.1, 0.15) is 0 Å². The van der Waals surface area contributed by atoms with Crippen LogP contribution >= 0.6 is 34.8 Å². The fourth-order valence-electron chi connectivity index (χ4n) is 0.522. The zero-order valence-electron chi connectivity index (χ0n) is 7.24. The first-order chi connectivity index (χ1) is 5.54. The molecule has 0 heterocycles. The SMILES string of the molecule is CCC[SiH2]OC(Cl)(Cl)/C(C)=C/Cl. The molecule has 12 heavy (non-hydrogen) atoms. The van der Waals surface area contributed by atoms with Crippen LogP contribution in [-0.2, 0) is 4.43 Å². The van der Waals surface area contributed by atoms with Crippen molar-refractivity contribution in [3.63, 3.8) is 0 Å². The minimum Gasteiger partial charge on any atom is -0.391 e. The molecule has 0 rings (SSSR count). The molecule has 0 unspecified atom stereocenters. The lowest BCUT2D eigenvalue weighted by Crippen LogP contribution is -2.21. The Morgan fingerprint density at radius 3 is 2.58 bits per heavy atom. The molecule has 0 aliphatic heterocycles. The van der Waals surface area contributed by atoms with E-state index in [0.717, 1.165) is 12.5 Å². The van der Waals surface area contributed by atoms with Gasteiger partial charge in [-0.1, -0.05) is 48.1 Å². The Bertz CT molecular complexity index is 159. The molecule has 0 aromatic rings. The van der Waals surface area contributed by atoms with Crippen molar-refractivity contribution >= 4 is 44.6 Å². The zero-order valence-corrected chi connectivity index (χ0v) is 10.9. The normalized spacial score (nSPS) is 14.6. The molecule has 0 N–H and O–H groups in total. The quantitative estimate of drug-likeness (QED) is 0.412. The van der Waals surface area contributed by atoms with Gasteiger partial charge in [-0.2, -0.15) is 0 Å². The van der Waals surface area contributed by atoms with Crippen LogP contribution in [0.5, 0.6) is 0 Å². The van der Waals surface area contributed by atoms with E-state index in [1.54, 1.807) is 6.92 Å². The standard InChI is InChI=1S/C7H13Cl3OSi/c1-3-4-12-11-7(9,10)6(2)5-8/h5H,3-4,12H2,1-2H3/b6-5+. The van der Waals surface area contributed by atoms with E-state index in [9.17, 15) is 0 Å². The van der Waals surface area contributed by atoms with Gasteiger partial charge in [0.15, 0.2) is 9.76 Å². The third kappa shape index (κ3) is 4.73. The Labute approximate surface area is 91.0 Å². The summed E-state index contributed by atoms with van der Waals surface area (Å²) in [5.41, 5.74) is 1.98. The molecule has 0 aliphatic carbocycles. The molecule has 0 aliphatic rings. The second-order valence-corrected chi connectivity index (χ2v) is 5.39. The summed E-state index contributed by atoms with van der Waals surface area (Å²) < 4.78 is 4.13. The van der Waals surface area contributed by atoms with E-state index in [2.05, 4.69) is 6.92 Å². The lowest BCUT2D eigenvalue weighted by atomic mass is 10.4. The molecule has 0 radical (unpaired) electrons. The van der Waals surface area contributed by atoms with Gasteiger partial charge in [-0.15, -0.1) is 0 Å². The largest absolute Gasteiger partial charge is 0.391 e. The van der Waals surface area contributed by atoms with Crippen LogP contribution in [0.25, 0.3) is 0 Å². The van der Waals surface area contributed by atoms with Crippen molar-refractivity contribution in [3.05, 3.63) is 11.1 Å². The molecule has 1 nitrogen and oxygen atoms in total. The lowest BCUT2D eigenvalue weighted by molar-refractivity contribution is 0.293. The summed E-state index contributed by atoms with van der Waals surface area (Å²) in [5, 5.41) is 0. The molecule has 0 saturated heterocycles. The van der Waals surface area contributed by atoms with Crippen molar-refractivity contribution in [2.75, 3.05) is 0 Å². The first-order valence-corrected chi connectivity index (χ1v) is 6.60. The predicted octanol–water partition coefficient (Wildman–Crippen LogP) is 3.19. The molecule has 72 valence electrons. The second kappa shape index (κ2) is 6.27. The van der Waals surface area contributed by atoms with Crippen LogP contribution in [0.3, 0.4) is 0 Å². The predicted molar refractivity (Wildman–Crippen MR) is 58.8 cm³/mol. The highest BCUT2D eigenvalue weighted by atomic mass is 35.5. The Kier molecular flexibility index (Phi) is 6.68. The molecule has 5 heteroatoms. The molecule has 0 aromatic heterocycles. The van der Waals surface area contributed by atoms with Crippen molar-refractivity contribution in [2.45, 2.75) is 30.8 Å². The minimum atomic E-state index is -1.21.